The molecule has 2 rings (SSSR count). The van der Waals surface area contributed by atoms with E-state index in [0.29, 0.717) is 12.0 Å². The third-order valence-corrected chi connectivity index (χ3v) is 3.68. The molecule has 0 aromatic heterocycles. The normalized spacial score (nSPS) is 35.4. The summed E-state index contributed by atoms with van der Waals surface area (Å²) >= 11 is 0. The summed E-state index contributed by atoms with van der Waals surface area (Å²) in [6.45, 7) is 4.27. The number of likely N-dealkylation sites (tertiary alicyclic amines) is 1. The van der Waals surface area contributed by atoms with E-state index >= 15 is 0 Å². The molecule has 0 bridgehead atoms. The average Bonchev–Trinajstić information content (AvgIpc) is 2.99. The van der Waals surface area contributed by atoms with Gasteiger partial charge in [0.05, 0.1) is 6.10 Å². The summed E-state index contributed by atoms with van der Waals surface area (Å²) in [6.07, 6.45) is 4.61. The zero-order valence-corrected chi connectivity index (χ0v) is 9.95. The highest BCUT2D eigenvalue weighted by Gasteiger charge is 2.32. The van der Waals surface area contributed by atoms with Gasteiger partial charge in [-0.25, -0.2) is 0 Å². The molecule has 0 aromatic rings. The second-order valence-corrected chi connectivity index (χ2v) is 5.33. The highest BCUT2D eigenvalue weighted by atomic mass is 16.3. The van der Waals surface area contributed by atoms with Crippen LogP contribution in [0.1, 0.15) is 32.6 Å². The number of hydrogen-bond acceptors (Lipinski definition) is 3. The maximum absolute atomic E-state index is 9.91. The standard InChI is InChI=1S/C12H24N2O/c1-3-12(15)9-6-11(8-14(2)7-9)13-10-4-5-10/h9-13,15H,3-8H2,1-2H3. The first-order chi connectivity index (χ1) is 7.19. The molecule has 0 radical (unpaired) electrons. The van der Waals surface area contributed by atoms with Crippen LogP contribution in [0.5, 0.6) is 0 Å². The van der Waals surface area contributed by atoms with E-state index in [4.69, 9.17) is 0 Å². The van der Waals surface area contributed by atoms with Crippen LogP contribution < -0.4 is 5.32 Å². The maximum atomic E-state index is 9.91. The van der Waals surface area contributed by atoms with Crippen LogP contribution in [0, 0.1) is 5.92 Å². The van der Waals surface area contributed by atoms with Crippen molar-refractivity contribution in [1.82, 2.24) is 10.2 Å². The van der Waals surface area contributed by atoms with E-state index in [2.05, 4.69) is 24.2 Å². The van der Waals surface area contributed by atoms with Gasteiger partial charge in [-0.1, -0.05) is 6.92 Å². The summed E-state index contributed by atoms with van der Waals surface area (Å²) in [5.74, 6) is 0.463. The Bertz CT molecular complexity index is 204. The number of aliphatic hydroxyl groups is 1. The summed E-state index contributed by atoms with van der Waals surface area (Å²) in [5, 5.41) is 13.6. The minimum absolute atomic E-state index is 0.115. The van der Waals surface area contributed by atoms with Crippen molar-refractivity contribution >= 4 is 0 Å². The van der Waals surface area contributed by atoms with Crippen molar-refractivity contribution in [2.75, 3.05) is 20.1 Å². The Labute approximate surface area is 92.8 Å². The van der Waals surface area contributed by atoms with Gasteiger partial charge in [-0.15, -0.1) is 0 Å². The van der Waals surface area contributed by atoms with Crippen molar-refractivity contribution in [2.24, 2.45) is 5.92 Å². The lowest BCUT2D eigenvalue weighted by molar-refractivity contribution is 0.0443. The number of nitrogens with zero attached hydrogens (tertiary/aromatic N) is 1. The van der Waals surface area contributed by atoms with Gasteiger partial charge in [0.15, 0.2) is 0 Å². The molecule has 1 aliphatic heterocycles. The molecule has 1 heterocycles. The van der Waals surface area contributed by atoms with E-state index in [-0.39, 0.29) is 6.10 Å². The van der Waals surface area contributed by atoms with Crippen molar-refractivity contribution in [3.63, 3.8) is 0 Å². The van der Waals surface area contributed by atoms with Crippen molar-refractivity contribution in [3.8, 4) is 0 Å². The number of aliphatic hydroxyl groups excluding tert-OH is 1. The van der Waals surface area contributed by atoms with Crippen LogP contribution in [0.4, 0.5) is 0 Å². The lowest BCUT2D eigenvalue weighted by Crippen LogP contribution is -2.50. The number of nitrogens with one attached hydrogen (secondary N) is 1. The molecule has 1 saturated heterocycles. The Kier molecular flexibility index (Phi) is 3.65. The zero-order chi connectivity index (χ0) is 10.8. The fourth-order valence-corrected chi connectivity index (χ4v) is 2.68. The summed E-state index contributed by atoms with van der Waals surface area (Å²) in [7, 11) is 2.16. The van der Waals surface area contributed by atoms with Gasteiger partial charge < -0.3 is 15.3 Å². The van der Waals surface area contributed by atoms with Crippen LogP contribution in [0.25, 0.3) is 0 Å². The Balaban J connectivity index is 1.84. The van der Waals surface area contributed by atoms with Crippen LogP contribution in [-0.4, -0.2) is 48.3 Å². The van der Waals surface area contributed by atoms with Crippen LogP contribution in [0.3, 0.4) is 0 Å². The number of likely N-dealkylation sites (N-methyl/N-ethyl adjacent to an activating group) is 1. The van der Waals surface area contributed by atoms with Gasteiger partial charge in [0, 0.05) is 25.2 Å². The molecule has 3 heteroatoms. The quantitative estimate of drug-likeness (QED) is 0.724. The molecule has 3 unspecified atom stereocenters. The zero-order valence-electron chi connectivity index (χ0n) is 9.95. The van der Waals surface area contributed by atoms with Gasteiger partial charge in [-0.3, -0.25) is 0 Å². The minimum Gasteiger partial charge on any atom is -0.393 e. The van der Waals surface area contributed by atoms with Crippen LogP contribution >= 0.6 is 0 Å². The monoisotopic (exact) mass is 212 g/mol. The lowest BCUT2D eigenvalue weighted by Gasteiger charge is -2.38. The lowest BCUT2D eigenvalue weighted by atomic mass is 9.88. The molecule has 0 amide bonds. The minimum atomic E-state index is -0.115. The molecular formula is C12H24N2O. The van der Waals surface area contributed by atoms with Crippen LogP contribution in [0.2, 0.25) is 0 Å². The number of hydrogen-bond donors (Lipinski definition) is 2. The summed E-state index contributed by atoms with van der Waals surface area (Å²) < 4.78 is 0. The second-order valence-electron chi connectivity index (χ2n) is 5.33. The third-order valence-electron chi connectivity index (χ3n) is 3.68. The molecule has 1 saturated carbocycles. The molecule has 0 aromatic carbocycles. The maximum Gasteiger partial charge on any atom is 0.0578 e. The van der Waals surface area contributed by atoms with Gasteiger partial charge in [0.1, 0.15) is 0 Å². The fraction of sp³-hybridized carbons (Fsp3) is 1.00. The summed E-state index contributed by atoms with van der Waals surface area (Å²) in [5.41, 5.74) is 0. The Morgan fingerprint density at radius 1 is 1.33 bits per heavy atom. The molecule has 2 fully saturated rings. The Hall–Kier alpha value is -0.120. The van der Waals surface area contributed by atoms with Gasteiger partial charge in [-0.05, 0) is 38.6 Å². The van der Waals surface area contributed by atoms with Crippen molar-refractivity contribution in [1.29, 1.82) is 0 Å². The molecule has 15 heavy (non-hydrogen) atoms. The van der Waals surface area contributed by atoms with Gasteiger partial charge in [-0.2, -0.15) is 0 Å². The highest BCUT2D eigenvalue weighted by molar-refractivity contribution is 4.90. The molecule has 88 valence electrons. The van der Waals surface area contributed by atoms with E-state index < -0.39 is 0 Å². The molecule has 0 spiro atoms. The van der Waals surface area contributed by atoms with Gasteiger partial charge in [0.2, 0.25) is 0 Å². The average molecular weight is 212 g/mol. The largest absolute Gasteiger partial charge is 0.393 e. The van der Waals surface area contributed by atoms with E-state index in [9.17, 15) is 5.11 Å². The predicted octanol–water partition coefficient (Wildman–Crippen LogP) is 0.830. The molecule has 3 atom stereocenters. The second kappa shape index (κ2) is 4.81. The van der Waals surface area contributed by atoms with Crippen molar-refractivity contribution < 1.29 is 5.11 Å². The van der Waals surface area contributed by atoms with Crippen molar-refractivity contribution in [3.05, 3.63) is 0 Å². The SMILES string of the molecule is CCC(O)C1CC(NC2CC2)CN(C)C1. The van der Waals surface area contributed by atoms with Gasteiger partial charge in [0.25, 0.3) is 0 Å². The van der Waals surface area contributed by atoms with Crippen LogP contribution in [-0.2, 0) is 0 Å². The predicted molar refractivity (Wildman–Crippen MR) is 61.8 cm³/mol. The fourth-order valence-electron chi connectivity index (χ4n) is 2.68. The highest BCUT2D eigenvalue weighted by Crippen LogP contribution is 2.25. The van der Waals surface area contributed by atoms with E-state index in [1.807, 2.05) is 0 Å². The summed E-state index contributed by atoms with van der Waals surface area (Å²) in [6, 6.07) is 1.38. The number of rotatable bonds is 4. The molecular weight excluding hydrogens is 188 g/mol. The Morgan fingerprint density at radius 2 is 2.07 bits per heavy atom. The first kappa shape index (κ1) is 11.4. The molecule has 2 N–H and O–H groups in total. The van der Waals surface area contributed by atoms with E-state index in [1.165, 1.54) is 12.8 Å². The topological polar surface area (TPSA) is 35.5 Å². The molecule has 3 nitrogen and oxygen atoms in total. The smallest absolute Gasteiger partial charge is 0.0578 e. The third kappa shape index (κ3) is 3.16. The van der Waals surface area contributed by atoms with E-state index in [1.54, 1.807) is 0 Å². The van der Waals surface area contributed by atoms with Gasteiger partial charge >= 0.3 is 0 Å². The first-order valence-corrected chi connectivity index (χ1v) is 6.31. The van der Waals surface area contributed by atoms with Crippen molar-refractivity contribution in [2.45, 2.75) is 50.8 Å². The Morgan fingerprint density at radius 3 is 2.67 bits per heavy atom. The first-order valence-electron chi connectivity index (χ1n) is 6.31. The van der Waals surface area contributed by atoms with E-state index in [0.717, 1.165) is 32.0 Å². The number of piperidine rings is 1. The molecule has 2 aliphatic rings. The molecule has 1 aliphatic carbocycles. The van der Waals surface area contributed by atoms with Crippen LogP contribution in [0.15, 0.2) is 0 Å². The summed E-state index contributed by atoms with van der Waals surface area (Å²) in [4.78, 5) is 2.35.